The number of halogens is 2. The molecule has 0 bridgehead atoms. The molecule has 1 N–H and O–H groups in total. The molecule has 0 unspecified atom stereocenters. The van der Waals surface area contributed by atoms with Crippen molar-refractivity contribution in [2.45, 2.75) is 0 Å². The van der Waals surface area contributed by atoms with Crippen LogP contribution in [0.3, 0.4) is 0 Å². The molecule has 0 saturated carbocycles. The fourth-order valence-electron chi connectivity index (χ4n) is 2.44. The lowest BCUT2D eigenvalue weighted by atomic mass is 10.2. The summed E-state index contributed by atoms with van der Waals surface area (Å²) in [4.78, 5) is 12.2. The summed E-state index contributed by atoms with van der Waals surface area (Å²) in [6.45, 7) is 4.01. The zero-order chi connectivity index (χ0) is 20.1. The molecular formula is C20H16ClIN2O4. The van der Waals surface area contributed by atoms with E-state index < -0.39 is 5.91 Å². The predicted molar refractivity (Wildman–Crippen MR) is 118 cm³/mol. The molecular weight excluding hydrogens is 495 g/mol. The molecule has 1 heterocycles. The van der Waals surface area contributed by atoms with Crippen LogP contribution < -0.4 is 14.9 Å². The summed E-state index contributed by atoms with van der Waals surface area (Å²) in [7, 11) is 1.56. The lowest BCUT2D eigenvalue weighted by Crippen LogP contribution is -2.16. The number of nitrogens with one attached hydrogen (secondary N) is 1. The molecule has 0 saturated heterocycles. The van der Waals surface area contributed by atoms with Gasteiger partial charge in [0.25, 0.3) is 0 Å². The van der Waals surface area contributed by atoms with Crippen LogP contribution >= 0.6 is 34.2 Å². The van der Waals surface area contributed by atoms with Crippen LogP contribution in [-0.4, -0.2) is 25.8 Å². The van der Waals surface area contributed by atoms with E-state index in [1.807, 2.05) is 6.07 Å². The van der Waals surface area contributed by atoms with Gasteiger partial charge in [-0.3, -0.25) is 4.79 Å². The molecule has 3 rings (SSSR count). The summed E-state index contributed by atoms with van der Waals surface area (Å²) in [5, 5.41) is 5.31. The van der Waals surface area contributed by atoms with E-state index in [4.69, 9.17) is 25.5 Å². The molecule has 0 spiro atoms. The standard InChI is InChI=1S/C20H16ClIN2O4/c1-3-6-27-19-15(22)7-12(8-17(19)26-2)11-23-24-20(25)18-10-13-9-14(21)4-5-16(13)28-18/h3-5,7-11H,1,6H2,2H3,(H,24,25)/b23-11-. The highest BCUT2D eigenvalue weighted by Gasteiger charge is 2.13. The van der Waals surface area contributed by atoms with Gasteiger partial charge in [-0.15, -0.1) is 0 Å². The number of benzene rings is 2. The Labute approximate surface area is 180 Å². The Hall–Kier alpha value is -2.52. The molecule has 28 heavy (non-hydrogen) atoms. The van der Waals surface area contributed by atoms with E-state index in [0.717, 1.165) is 14.5 Å². The average molecular weight is 511 g/mol. The second-order valence-electron chi connectivity index (χ2n) is 5.63. The number of nitrogens with zero attached hydrogens (tertiary/aromatic N) is 1. The zero-order valence-corrected chi connectivity index (χ0v) is 17.8. The smallest absolute Gasteiger partial charge is 0.307 e. The monoisotopic (exact) mass is 510 g/mol. The third-order valence-electron chi connectivity index (χ3n) is 3.68. The zero-order valence-electron chi connectivity index (χ0n) is 14.9. The number of fused-ring (bicyclic) bond motifs is 1. The van der Waals surface area contributed by atoms with E-state index in [1.165, 1.54) is 6.21 Å². The summed E-state index contributed by atoms with van der Waals surface area (Å²) in [6, 6.07) is 10.4. The lowest BCUT2D eigenvalue weighted by Gasteiger charge is -2.12. The number of amides is 1. The van der Waals surface area contributed by atoms with Gasteiger partial charge < -0.3 is 13.9 Å². The minimum atomic E-state index is -0.462. The van der Waals surface area contributed by atoms with Crippen molar-refractivity contribution < 1.29 is 18.7 Å². The van der Waals surface area contributed by atoms with E-state index in [9.17, 15) is 4.79 Å². The van der Waals surface area contributed by atoms with E-state index in [0.29, 0.717) is 28.7 Å². The summed E-state index contributed by atoms with van der Waals surface area (Å²) < 4.78 is 17.3. The highest BCUT2D eigenvalue weighted by atomic mass is 127. The molecule has 1 amide bonds. The second-order valence-corrected chi connectivity index (χ2v) is 7.22. The van der Waals surface area contributed by atoms with Crippen LogP contribution in [0.1, 0.15) is 16.1 Å². The number of methoxy groups -OCH3 is 1. The number of ether oxygens (including phenoxy) is 2. The highest BCUT2D eigenvalue weighted by molar-refractivity contribution is 14.1. The number of hydrazone groups is 1. The van der Waals surface area contributed by atoms with Gasteiger partial charge in [0.15, 0.2) is 17.3 Å². The first-order valence-electron chi connectivity index (χ1n) is 8.15. The number of furan rings is 1. The minimum Gasteiger partial charge on any atom is -0.493 e. The Morgan fingerprint density at radius 3 is 2.93 bits per heavy atom. The van der Waals surface area contributed by atoms with Gasteiger partial charge in [-0.2, -0.15) is 5.10 Å². The first-order chi connectivity index (χ1) is 13.5. The number of hydrogen-bond acceptors (Lipinski definition) is 5. The van der Waals surface area contributed by atoms with Gasteiger partial charge in [0.1, 0.15) is 12.2 Å². The number of carbonyl (C=O) groups is 1. The molecule has 3 aromatic rings. The van der Waals surface area contributed by atoms with Crippen molar-refractivity contribution in [3.05, 3.63) is 69.0 Å². The maximum absolute atomic E-state index is 12.2. The largest absolute Gasteiger partial charge is 0.493 e. The van der Waals surface area contributed by atoms with Crippen molar-refractivity contribution in [3.8, 4) is 11.5 Å². The first-order valence-corrected chi connectivity index (χ1v) is 9.61. The molecule has 8 heteroatoms. The predicted octanol–water partition coefficient (Wildman–Crippen LogP) is 5.03. The van der Waals surface area contributed by atoms with Gasteiger partial charge in [0, 0.05) is 10.4 Å². The summed E-state index contributed by atoms with van der Waals surface area (Å²) in [6.07, 6.45) is 3.17. The molecule has 144 valence electrons. The van der Waals surface area contributed by atoms with Gasteiger partial charge in [-0.05, 0) is 64.6 Å². The van der Waals surface area contributed by atoms with Crippen LogP contribution in [-0.2, 0) is 0 Å². The summed E-state index contributed by atoms with van der Waals surface area (Å²) >= 11 is 8.09. The molecule has 0 aliphatic rings. The molecule has 0 aliphatic heterocycles. The van der Waals surface area contributed by atoms with Gasteiger partial charge in [-0.1, -0.05) is 24.3 Å². The van der Waals surface area contributed by atoms with Crippen molar-refractivity contribution >= 4 is 57.3 Å². The topological polar surface area (TPSA) is 73.1 Å². The Morgan fingerprint density at radius 2 is 2.18 bits per heavy atom. The van der Waals surface area contributed by atoms with Crippen molar-refractivity contribution in [2.24, 2.45) is 5.10 Å². The molecule has 0 atom stereocenters. The van der Waals surface area contributed by atoms with E-state index in [-0.39, 0.29) is 5.76 Å². The van der Waals surface area contributed by atoms with Crippen LogP contribution in [0.25, 0.3) is 11.0 Å². The van der Waals surface area contributed by atoms with Crippen LogP contribution in [0.2, 0.25) is 5.02 Å². The fourth-order valence-corrected chi connectivity index (χ4v) is 3.40. The number of hydrogen-bond donors (Lipinski definition) is 1. The molecule has 6 nitrogen and oxygen atoms in total. The van der Waals surface area contributed by atoms with E-state index in [2.05, 4.69) is 39.7 Å². The maximum Gasteiger partial charge on any atom is 0.307 e. The molecule has 0 fully saturated rings. The lowest BCUT2D eigenvalue weighted by molar-refractivity contribution is 0.0929. The number of carbonyl (C=O) groups excluding carboxylic acids is 1. The Kier molecular flexibility index (Phi) is 6.58. The third-order valence-corrected chi connectivity index (χ3v) is 4.72. The van der Waals surface area contributed by atoms with Crippen molar-refractivity contribution in [1.82, 2.24) is 5.43 Å². The molecule has 1 aromatic heterocycles. The van der Waals surface area contributed by atoms with Crippen LogP contribution in [0, 0.1) is 3.57 Å². The first kappa shape index (κ1) is 20.2. The Bertz CT molecular complexity index is 1060. The van der Waals surface area contributed by atoms with E-state index >= 15 is 0 Å². The quantitative estimate of drug-likeness (QED) is 0.209. The van der Waals surface area contributed by atoms with Crippen molar-refractivity contribution in [1.29, 1.82) is 0 Å². The fraction of sp³-hybridized carbons (Fsp3) is 0.100. The average Bonchev–Trinajstić information content (AvgIpc) is 3.10. The normalized spacial score (nSPS) is 11.0. The minimum absolute atomic E-state index is 0.148. The van der Waals surface area contributed by atoms with Gasteiger partial charge in [0.05, 0.1) is 16.9 Å². The van der Waals surface area contributed by atoms with Crippen LogP contribution in [0.4, 0.5) is 0 Å². The molecule has 2 aromatic carbocycles. The maximum atomic E-state index is 12.2. The summed E-state index contributed by atoms with van der Waals surface area (Å²) in [5.41, 5.74) is 3.76. The van der Waals surface area contributed by atoms with Crippen LogP contribution in [0.15, 0.2) is 58.6 Å². The molecule has 0 radical (unpaired) electrons. The second kappa shape index (κ2) is 9.11. The Morgan fingerprint density at radius 1 is 1.36 bits per heavy atom. The number of rotatable bonds is 7. The Balaban J connectivity index is 1.73. The highest BCUT2D eigenvalue weighted by Crippen LogP contribution is 2.33. The SMILES string of the molecule is C=CCOc1c(I)cc(/C=N\NC(=O)c2cc3cc(Cl)ccc3o2)cc1OC. The van der Waals surface area contributed by atoms with E-state index in [1.54, 1.807) is 43.5 Å². The van der Waals surface area contributed by atoms with Gasteiger partial charge in [0.2, 0.25) is 0 Å². The van der Waals surface area contributed by atoms with Crippen molar-refractivity contribution in [2.75, 3.05) is 13.7 Å². The van der Waals surface area contributed by atoms with Gasteiger partial charge in [-0.25, -0.2) is 5.43 Å². The van der Waals surface area contributed by atoms with Crippen LogP contribution in [0.5, 0.6) is 11.5 Å². The van der Waals surface area contributed by atoms with Crippen molar-refractivity contribution in [3.63, 3.8) is 0 Å². The molecule has 0 aliphatic carbocycles. The third kappa shape index (κ3) is 4.66. The van der Waals surface area contributed by atoms with Gasteiger partial charge >= 0.3 is 5.91 Å². The summed E-state index contributed by atoms with van der Waals surface area (Å²) in [5.74, 6) is 0.881.